The zero-order chi connectivity index (χ0) is 13.0. The van der Waals surface area contributed by atoms with Crippen molar-refractivity contribution in [3.05, 3.63) is 41.6 Å². The number of methoxy groups -OCH3 is 1. The lowest BCUT2D eigenvalue weighted by atomic mass is 10.2. The number of hydrogen-bond donors (Lipinski definition) is 1. The first-order chi connectivity index (χ1) is 8.69. The summed E-state index contributed by atoms with van der Waals surface area (Å²) in [5, 5.41) is 0. The Morgan fingerprint density at radius 3 is 2.83 bits per heavy atom. The third-order valence-corrected chi connectivity index (χ3v) is 2.66. The van der Waals surface area contributed by atoms with Crippen LogP contribution in [-0.2, 0) is 13.1 Å². The molecule has 18 heavy (non-hydrogen) atoms. The number of nitrogens with zero attached hydrogens (tertiary/aromatic N) is 3. The number of ether oxygens (including phenoxy) is 1. The summed E-state index contributed by atoms with van der Waals surface area (Å²) in [5.41, 5.74) is 2.16. The molecule has 0 fully saturated rings. The van der Waals surface area contributed by atoms with Crippen molar-refractivity contribution < 1.29 is 4.74 Å². The molecule has 0 aromatic carbocycles. The molecule has 2 heterocycles. The predicted molar refractivity (Wildman–Crippen MR) is 69.3 cm³/mol. The number of aromatic nitrogens is 3. The van der Waals surface area contributed by atoms with Gasteiger partial charge < -0.3 is 9.72 Å². The first-order valence-electron chi connectivity index (χ1n) is 5.86. The molecular weight excluding hydrogens is 228 g/mol. The molecule has 5 nitrogen and oxygen atoms in total. The number of nitrogens with one attached hydrogen (secondary N) is 1. The van der Waals surface area contributed by atoms with E-state index >= 15 is 0 Å². The van der Waals surface area contributed by atoms with Crippen molar-refractivity contribution in [2.75, 3.05) is 14.2 Å². The highest BCUT2D eigenvalue weighted by atomic mass is 16.5. The summed E-state index contributed by atoms with van der Waals surface area (Å²) in [6, 6.07) is 3.94. The molecule has 5 heteroatoms. The summed E-state index contributed by atoms with van der Waals surface area (Å²) in [4.78, 5) is 13.9. The van der Waals surface area contributed by atoms with Crippen LogP contribution in [0, 0.1) is 6.92 Å². The zero-order valence-corrected chi connectivity index (χ0v) is 11.0. The van der Waals surface area contributed by atoms with Gasteiger partial charge in [-0.15, -0.1) is 0 Å². The van der Waals surface area contributed by atoms with Crippen LogP contribution in [0.2, 0.25) is 0 Å². The van der Waals surface area contributed by atoms with Crippen molar-refractivity contribution in [2.45, 2.75) is 20.0 Å². The van der Waals surface area contributed by atoms with Gasteiger partial charge in [-0.3, -0.25) is 4.90 Å². The summed E-state index contributed by atoms with van der Waals surface area (Å²) >= 11 is 0. The van der Waals surface area contributed by atoms with E-state index in [0.29, 0.717) is 5.88 Å². The molecular formula is C13H18N4O. The summed E-state index contributed by atoms with van der Waals surface area (Å²) in [6.45, 7) is 3.54. The Hall–Kier alpha value is -1.88. The molecule has 2 aromatic heterocycles. The number of aromatic amines is 1. The van der Waals surface area contributed by atoms with E-state index in [1.807, 2.05) is 32.3 Å². The molecule has 0 unspecified atom stereocenters. The smallest absolute Gasteiger partial charge is 0.217 e. The van der Waals surface area contributed by atoms with Crippen LogP contribution < -0.4 is 4.74 Å². The van der Waals surface area contributed by atoms with Gasteiger partial charge in [-0.1, -0.05) is 6.07 Å². The molecule has 96 valence electrons. The lowest BCUT2D eigenvalue weighted by Crippen LogP contribution is -2.18. The van der Waals surface area contributed by atoms with E-state index in [0.717, 1.165) is 30.2 Å². The largest absolute Gasteiger partial charge is 0.481 e. The second-order valence-electron chi connectivity index (χ2n) is 4.36. The zero-order valence-electron chi connectivity index (χ0n) is 11.0. The Morgan fingerprint density at radius 1 is 1.33 bits per heavy atom. The van der Waals surface area contributed by atoms with Crippen LogP contribution in [0.15, 0.2) is 24.5 Å². The Balaban J connectivity index is 2.00. The summed E-state index contributed by atoms with van der Waals surface area (Å²) in [6.07, 6.45) is 3.58. The third kappa shape index (κ3) is 3.07. The van der Waals surface area contributed by atoms with Crippen molar-refractivity contribution in [3.63, 3.8) is 0 Å². The highest BCUT2D eigenvalue weighted by Gasteiger charge is 2.08. The molecule has 0 amide bonds. The van der Waals surface area contributed by atoms with Crippen LogP contribution in [0.4, 0.5) is 0 Å². The fourth-order valence-corrected chi connectivity index (χ4v) is 1.88. The Morgan fingerprint density at radius 2 is 2.17 bits per heavy atom. The highest BCUT2D eigenvalue weighted by Crippen LogP contribution is 2.16. The first kappa shape index (κ1) is 12.6. The van der Waals surface area contributed by atoms with Gasteiger partial charge in [-0.25, -0.2) is 9.97 Å². The van der Waals surface area contributed by atoms with Gasteiger partial charge >= 0.3 is 0 Å². The quantitative estimate of drug-likeness (QED) is 0.873. The van der Waals surface area contributed by atoms with Gasteiger partial charge in [0.2, 0.25) is 5.88 Å². The van der Waals surface area contributed by atoms with Gasteiger partial charge in [-0.2, -0.15) is 0 Å². The van der Waals surface area contributed by atoms with Crippen LogP contribution >= 0.6 is 0 Å². The van der Waals surface area contributed by atoms with Crippen molar-refractivity contribution in [2.24, 2.45) is 0 Å². The minimum Gasteiger partial charge on any atom is -0.481 e. The molecule has 0 saturated carbocycles. The number of hydrogen-bond acceptors (Lipinski definition) is 4. The molecule has 0 aliphatic heterocycles. The van der Waals surface area contributed by atoms with E-state index in [1.54, 1.807) is 13.3 Å². The molecule has 0 spiro atoms. The predicted octanol–water partition coefficient (Wildman–Crippen LogP) is 1.75. The third-order valence-electron chi connectivity index (χ3n) is 2.66. The molecule has 2 rings (SSSR count). The normalized spacial score (nSPS) is 10.9. The van der Waals surface area contributed by atoms with Crippen molar-refractivity contribution in [1.82, 2.24) is 19.9 Å². The second-order valence-corrected chi connectivity index (χ2v) is 4.36. The average molecular weight is 246 g/mol. The van der Waals surface area contributed by atoms with Crippen molar-refractivity contribution in [3.8, 4) is 5.88 Å². The van der Waals surface area contributed by atoms with Crippen LogP contribution in [-0.4, -0.2) is 34.0 Å². The SMILES string of the molecule is COc1ncccc1CN(C)Cc1ncc(C)[nH]1. The molecule has 0 aliphatic rings. The first-order valence-corrected chi connectivity index (χ1v) is 5.86. The summed E-state index contributed by atoms with van der Waals surface area (Å²) in [7, 11) is 3.69. The van der Waals surface area contributed by atoms with E-state index < -0.39 is 0 Å². The maximum absolute atomic E-state index is 5.24. The monoisotopic (exact) mass is 246 g/mol. The lowest BCUT2D eigenvalue weighted by Gasteiger charge is -2.16. The van der Waals surface area contributed by atoms with Gasteiger partial charge in [0.1, 0.15) is 5.82 Å². The molecule has 0 atom stereocenters. The van der Waals surface area contributed by atoms with E-state index in [9.17, 15) is 0 Å². The van der Waals surface area contributed by atoms with E-state index in [1.165, 1.54) is 0 Å². The van der Waals surface area contributed by atoms with E-state index in [4.69, 9.17) is 4.74 Å². The molecule has 0 bridgehead atoms. The Labute approximate surface area is 107 Å². The van der Waals surface area contributed by atoms with Crippen molar-refractivity contribution >= 4 is 0 Å². The maximum atomic E-state index is 5.24. The van der Waals surface area contributed by atoms with E-state index in [2.05, 4.69) is 19.9 Å². The van der Waals surface area contributed by atoms with Crippen LogP contribution in [0.1, 0.15) is 17.1 Å². The number of pyridine rings is 1. The highest BCUT2D eigenvalue weighted by molar-refractivity contribution is 5.25. The molecule has 1 N–H and O–H groups in total. The fraction of sp³-hybridized carbons (Fsp3) is 0.385. The van der Waals surface area contributed by atoms with Crippen LogP contribution in [0.25, 0.3) is 0 Å². The topological polar surface area (TPSA) is 54.0 Å². The van der Waals surface area contributed by atoms with Crippen LogP contribution in [0.5, 0.6) is 5.88 Å². The van der Waals surface area contributed by atoms with E-state index in [-0.39, 0.29) is 0 Å². The Kier molecular flexibility index (Phi) is 3.94. The van der Waals surface area contributed by atoms with Gasteiger partial charge in [0.15, 0.2) is 0 Å². The van der Waals surface area contributed by atoms with Gasteiger partial charge in [0.25, 0.3) is 0 Å². The summed E-state index contributed by atoms with van der Waals surface area (Å²) in [5.74, 6) is 1.65. The number of H-pyrrole nitrogens is 1. The standard InChI is InChI=1S/C13H18N4O/c1-10-7-15-12(16-10)9-17(2)8-11-5-4-6-14-13(11)18-3/h4-7H,8-9H2,1-3H3,(H,15,16). The van der Waals surface area contributed by atoms with Gasteiger partial charge in [0.05, 0.1) is 13.7 Å². The molecule has 0 radical (unpaired) electrons. The molecule has 2 aromatic rings. The number of imidazole rings is 1. The Bertz CT molecular complexity index is 509. The van der Waals surface area contributed by atoms with Gasteiger partial charge in [-0.05, 0) is 20.0 Å². The maximum Gasteiger partial charge on any atom is 0.217 e. The van der Waals surface area contributed by atoms with Crippen molar-refractivity contribution in [1.29, 1.82) is 0 Å². The summed E-state index contributed by atoms with van der Waals surface area (Å²) < 4.78 is 5.24. The lowest BCUT2D eigenvalue weighted by molar-refractivity contribution is 0.301. The molecule has 0 saturated heterocycles. The number of aryl methyl sites for hydroxylation is 1. The minimum atomic E-state index is 0.681. The van der Waals surface area contributed by atoms with Gasteiger partial charge in [0, 0.05) is 30.2 Å². The minimum absolute atomic E-state index is 0.681. The number of rotatable bonds is 5. The average Bonchev–Trinajstić information content (AvgIpc) is 2.75. The fourth-order valence-electron chi connectivity index (χ4n) is 1.88. The molecule has 0 aliphatic carbocycles. The van der Waals surface area contributed by atoms with Crippen LogP contribution in [0.3, 0.4) is 0 Å². The second kappa shape index (κ2) is 5.64.